The lowest BCUT2D eigenvalue weighted by Gasteiger charge is -2.14. The van der Waals surface area contributed by atoms with Crippen molar-refractivity contribution in [2.75, 3.05) is 0 Å². The number of ether oxygens (including phenoxy) is 3. The zero-order chi connectivity index (χ0) is 19.8. The summed E-state index contributed by atoms with van der Waals surface area (Å²) < 4.78 is 15.5. The molecule has 0 aliphatic heterocycles. The van der Waals surface area contributed by atoms with Gasteiger partial charge in [-0.05, 0) is 36.4 Å². The van der Waals surface area contributed by atoms with Crippen LogP contribution in [0.25, 0.3) is 0 Å². The predicted octanol–water partition coefficient (Wildman–Crippen LogP) is 3.42. The highest BCUT2D eigenvalue weighted by Crippen LogP contribution is 2.18. The Labute approximate surface area is 161 Å². The van der Waals surface area contributed by atoms with E-state index in [2.05, 4.69) is 0 Å². The second-order valence-electron chi connectivity index (χ2n) is 5.64. The van der Waals surface area contributed by atoms with Crippen LogP contribution >= 0.6 is 0 Å². The van der Waals surface area contributed by atoms with Crippen LogP contribution in [0.2, 0.25) is 0 Å². The molecule has 0 amide bonds. The fraction of sp³-hybridized carbons (Fsp3) is 0.0455. The minimum Gasteiger partial charge on any atom is -0.425 e. The molecule has 6 nitrogen and oxygen atoms in total. The molecule has 0 aliphatic rings. The van der Waals surface area contributed by atoms with E-state index in [1.54, 1.807) is 54.6 Å². The van der Waals surface area contributed by atoms with Gasteiger partial charge in [0.25, 0.3) is 5.92 Å². The molecule has 28 heavy (non-hydrogen) atoms. The van der Waals surface area contributed by atoms with Crippen molar-refractivity contribution in [2.45, 2.75) is 0 Å². The van der Waals surface area contributed by atoms with Crippen LogP contribution in [0, 0.1) is 5.92 Å². The van der Waals surface area contributed by atoms with Crippen LogP contribution < -0.4 is 14.2 Å². The van der Waals surface area contributed by atoms with Crippen molar-refractivity contribution in [1.29, 1.82) is 0 Å². The summed E-state index contributed by atoms with van der Waals surface area (Å²) in [5, 5.41) is 0. The highest BCUT2D eigenvalue weighted by Gasteiger charge is 2.40. The molecule has 0 spiro atoms. The number of hydrogen-bond acceptors (Lipinski definition) is 6. The molecule has 0 atom stereocenters. The lowest BCUT2D eigenvalue weighted by atomic mass is 10.1. The second-order valence-corrected chi connectivity index (χ2v) is 5.64. The summed E-state index contributed by atoms with van der Waals surface area (Å²) in [4.78, 5) is 37.7. The molecule has 0 aromatic heterocycles. The van der Waals surface area contributed by atoms with E-state index >= 15 is 0 Å². The minimum atomic E-state index is -1.90. The topological polar surface area (TPSA) is 78.9 Å². The van der Waals surface area contributed by atoms with Gasteiger partial charge >= 0.3 is 17.9 Å². The molecule has 6 heteroatoms. The van der Waals surface area contributed by atoms with Gasteiger partial charge in [0, 0.05) is 0 Å². The normalized spacial score (nSPS) is 10.2. The van der Waals surface area contributed by atoms with Gasteiger partial charge in [0.2, 0.25) is 0 Å². The fourth-order valence-electron chi connectivity index (χ4n) is 2.28. The Morgan fingerprint density at radius 3 is 0.964 bits per heavy atom. The van der Waals surface area contributed by atoms with Crippen LogP contribution in [-0.2, 0) is 14.4 Å². The van der Waals surface area contributed by atoms with Gasteiger partial charge in [-0.25, -0.2) is 0 Å². The van der Waals surface area contributed by atoms with Gasteiger partial charge in [-0.2, -0.15) is 0 Å². The molecule has 0 saturated carbocycles. The van der Waals surface area contributed by atoms with Crippen LogP contribution in [-0.4, -0.2) is 17.9 Å². The number of carbonyl (C=O) groups is 3. The highest BCUT2D eigenvalue weighted by atomic mass is 16.6. The molecule has 3 aromatic rings. The Kier molecular flexibility index (Phi) is 6.15. The van der Waals surface area contributed by atoms with Crippen molar-refractivity contribution in [2.24, 2.45) is 5.92 Å². The maximum absolute atomic E-state index is 12.6. The molecular formula is C22H16O6. The average Bonchev–Trinajstić information content (AvgIpc) is 2.70. The van der Waals surface area contributed by atoms with Gasteiger partial charge in [0.15, 0.2) is 0 Å². The first-order valence-corrected chi connectivity index (χ1v) is 8.44. The summed E-state index contributed by atoms with van der Waals surface area (Å²) >= 11 is 0. The van der Waals surface area contributed by atoms with E-state index in [0.29, 0.717) is 0 Å². The highest BCUT2D eigenvalue weighted by molar-refractivity contribution is 6.13. The van der Waals surface area contributed by atoms with E-state index in [9.17, 15) is 14.4 Å². The molecule has 0 unspecified atom stereocenters. The van der Waals surface area contributed by atoms with Gasteiger partial charge in [-0.3, -0.25) is 14.4 Å². The van der Waals surface area contributed by atoms with E-state index in [4.69, 9.17) is 14.2 Å². The molecule has 140 valence electrons. The number of para-hydroxylation sites is 3. The molecule has 0 bridgehead atoms. The molecule has 0 heterocycles. The Morgan fingerprint density at radius 2 is 0.714 bits per heavy atom. The van der Waals surface area contributed by atoms with Crippen molar-refractivity contribution in [3.8, 4) is 17.2 Å². The first kappa shape index (κ1) is 18.8. The quantitative estimate of drug-likeness (QED) is 0.373. The minimum absolute atomic E-state index is 0.192. The van der Waals surface area contributed by atoms with Crippen LogP contribution in [0.4, 0.5) is 0 Å². The number of benzene rings is 3. The van der Waals surface area contributed by atoms with Crippen LogP contribution in [0.5, 0.6) is 17.2 Å². The van der Waals surface area contributed by atoms with Crippen molar-refractivity contribution in [1.82, 2.24) is 0 Å². The lowest BCUT2D eigenvalue weighted by Crippen LogP contribution is -2.40. The zero-order valence-corrected chi connectivity index (χ0v) is 14.7. The van der Waals surface area contributed by atoms with Crippen LogP contribution in [0.3, 0.4) is 0 Å². The van der Waals surface area contributed by atoms with E-state index in [0.717, 1.165) is 0 Å². The average molecular weight is 376 g/mol. The SMILES string of the molecule is O=C(Oc1ccccc1)C(C(=O)Oc1ccccc1)C(=O)Oc1ccccc1. The summed E-state index contributed by atoms with van der Waals surface area (Å²) in [7, 11) is 0. The van der Waals surface area contributed by atoms with E-state index in [1.165, 1.54) is 36.4 Å². The van der Waals surface area contributed by atoms with Crippen molar-refractivity contribution in [3.63, 3.8) is 0 Å². The van der Waals surface area contributed by atoms with Gasteiger partial charge in [0.1, 0.15) is 17.2 Å². The third-order valence-electron chi connectivity index (χ3n) is 3.59. The van der Waals surface area contributed by atoms with E-state index in [-0.39, 0.29) is 17.2 Å². The summed E-state index contributed by atoms with van der Waals surface area (Å²) in [6, 6.07) is 24.3. The van der Waals surface area contributed by atoms with Gasteiger partial charge in [0.05, 0.1) is 0 Å². The van der Waals surface area contributed by atoms with Gasteiger partial charge in [-0.15, -0.1) is 0 Å². The van der Waals surface area contributed by atoms with E-state index in [1.807, 2.05) is 0 Å². The monoisotopic (exact) mass is 376 g/mol. The molecule has 3 rings (SSSR count). The molecule has 0 N–H and O–H groups in total. The number of rotatable bonds is 6. The van der Waals surface area contributed by atoms with Crippen LogP contribution in [0.15, 0.2) is 91.0 Å². The molecule has 0 fully saturated rings. The van der Waals surface area contributed by atoms with Crippen molar-refractivity contribution < 1.29 is 28.6 Å². The van der Waals surface area contributed by atoms with Gasteiger partial charge < -0.3 is 14.2 Å². The molecule has 0 saturated heterocycles. The van der Waals surface area contributed by atoms with Crippen molar-refractivity contribution in [3.05, 3.63) is 91.0 Å². The predicted molar refractivity (Wildman–Crippen MR) is 99.7 cm³/mol. The first-order valence-electron chi connectivity index (χ1n) is 8.44. The lowest BCUT2D eigenvalue weighted by molar-refractivity contribution is -0.160. The molecule has 3 aromatic carbocycles. The molecule has 0 radical (unpaired) electrons. The summed E-state index contributed by atoms with van der Waals surface area (Å²) in [6.07, 6.45) is 0. The standard InChI is InChI=1S/C22H16O6/c23-20(26-16-10-4-1-5-11-16)19(21(24)27-17-12-6-2-7-13-17)22(25)28-18-14-8-3-9-15-18/h1-15,19H. The zero-order valence-electron chi connectivity index (χ0n) is 14.7. The van der Waals surface area contributed by atoms with E-state index < -0.39 is 23.8 Å². The number of esters is 3. The largest absolute Gasteiger partial charge is 0.425 e. The smallest absolute Gasteiger partial charge is 0.337 e. The Balaban J connectivity index is 1.80. The summed E-state index contributed by atoms with van der Waals surface area (Å²) in [5.74, 6) is -4.60. The van der Waals surface area contributed by atoms with Gasteiger partial charge in [-0.1, -0.05) is 54.6 Å². The first-order chi connectivity index (χ1) is 13.6. The third kappa shape index (κ3) is 5.04. The fourth-order valence-corrected chi connectivity index (χ4v) is 2.28. The summed E-state index contributed by atoms with van der Waals surface area (Å²) in [6.45, 7) is 0. The molecular weight excluding hydrogens is 360 g/mol. The number of carbonyl (C=O) groups excluding carboxylic acids is 3. The maximum atomic E-state index is 12.6. The second kappa shape index (κ2) is 9.14. The third-order valence-corrected chi connectivity index (χ3v) is 3.59. The summed E-state index contributed by atoms with van der Waals surface area (Å²) in [5.41, 5.74) is 0. The van der Waals surface area contributed by atoms with Crippen molar-refractivity contribution >= 4 is 17.9 Å². The Bertz CT molecular complexity index is 811. The maximum Gasteiger partial charge on any atom is 0.337 e. The Morgan fingerprint density at radius 1 is 0.464 bits per heavy atom. The van der Waals surface area contributed by atoms with Crippen LogP contribution in [0.1, 0.15) is 0 Å². The molecule has 0 aliphatic carbocycles. The number of hydrogen-bond donors (Lipinski definition) is 0. The Hall–Kier alpha value is -3.93.